The zero-order valence-electron chi connectivity index (χ0n) is 45.3. The highest BCUT2D eigenvalue weighted by molar-refractivity contribution is 5.92. The van der Waals surface area contributed by atoms with Crippen molar-refractivity contribution in [3.8, 4) is 85.6 Å². The van der Waals surface area contributed by atoms with Gasteiger partial charge in [0.2, 0.25) is 30.2 Å². The van der Waals surface area contributed by atoms with Gasteiger partial charge in [-0.1, -0.05) is 54.6 Å². The molecule has 0 amide bonds. The van der Waals surface area contributed by atoms with Crippen LogP contribution >= 0.6 is 0 Å². The van der Waals surface area contributed by atoms with Crippen molar-refractivity contribution in [1.82, 2.24) is 0 Å². The fraction of sp³-hybridized carbons (Fsp3) is 0.258. The Balaban J connectivity index is 0.000000131. The first-order valence-electron chi connectivity index (χ1n) is 26.3. The Hall–Kier alpha value is -9.22. The molecular weight excluding hydrogens is 1080 g/mol. The summed E-state index contributed by atoms with van der Waals surface area (Å²) in [6.45, 7) is 1.98. The fourth-order valence-electron chi connectivity index (χ4n) is 11.0. The summed E-state index contributed by atoms with van der Waals surface area (Å²) in [4.78, 5) is 23.8. The number of pyridine rings is 2. The van der Waals surface area contributed by atoms with Gasteiger partial charge in [0.15, 0.2) is 71.5 Å². The molecule has 1 saturated heterocycles. The lowest BCUT2D eigenvalue weighted by molar-refractivity contribution is -0.686. The number of phenols is 2. The molecule has 7 heterocycles. The summed E-state index contributed by atoms with van der Waals surface area (Å²) in [6, 6.07) is 31.3. The maximum Gasteiger partial charge on any atom is 0.335 e. The molecule has 4 aliphatic rings. The summed E-state index contributed by atoms with van der Waals surface area (Å²) >= 11 is 0. The van der Waals surface area contributed by atoms with Crippen LogP contribution in [-0.2, 0) is 48.7 Å². The van der Waals surface area contributed by atoms with E-state index in [2.05, 4.69) is 51.9 Å². The van der Waals surface area contributed by atoms with Gasteiger partial charge in [0.05, 0.1) is 63.6 Å². The summed E-state index contributed by atoms with van der Waals surface area (Å²) in [7, 11) is 6.61. The lowest BCUT2D eigenvalue weighted by Crippen LogP contribution is -2.61. The molecule has 83 heavy (non-hydrogen) atoms. The van der Waals surface area contributed by atoms with Crippen LogP contribution in [0.3, 0.4) is 0 Å². The number of aryl methyl sites for hydroxylation is 4. The molecule has 6 aromatic carbocycles. The van der Waals surface area contributed by atoms with Crippen molar-refractivity contribution in [3.63, 3.8) is 0 Å². The van der Waals surface area contributed by atoms with Gasteiger partial charge < -0.3 is 83.2 Å². The van der Waals surface area contributed by atoms with Crippen LogP contribution in [0.4, 0.5) is 0 Å². The fourth-order valence-corrected chi connectivity index (χ4v) is 11.0. The van der Waals surface area contributed by atoms with Gasteiger partial charge in [0.25, 0.3) is 0 Å². The number of phenolic OH excluding ortho intramolecular Hbond substituents is 2. The molecule has 0 saturated carbocycles. The van der Waals surface area contributed by atoms with E-state index in [0.29, 0.717) is 5.56 Å². The minimum atomic E-state index is -1.94. The van der Waals surface area contributed by atoms with Crippen LogP contribution < -0.4 is 47.7 Å². The van der Waals surface area contributed by atoms with E-state index >= 15 is 0 Å². The number of benzene rings is 6. The summed E-state index contributed by atoms with van der Waals surface area (Å²) in [6.07, 6.45) is -3.46. The Labute approximate surface area is 472 Å². The van der Waals surface area contributed by atoms with Gasteiger partial charge in [0.1, 0.15) is 46.5 Å². The van der Waals surface area contributed by atoms with Crippen LogP contribution in [0.15, 0.2) is 125 Å². The van der Waals surface area contributed by atoms with Crippen molar-refractivity contribution in [3.05, 3.63) is 148 Å². The second kappa shape index (κ2) is 23.0. The predicted octanol–water partition coefficient (Wildman–Crippen LogP) is 5.59. The molecule has 21 heteroatoms. The van der Waals surface area contributed by atoms with Crippen molar-refractivity contribution < 1.29 is 97.1 Å². The largest absolute Gasteiger partial charge is 0.504 e. The van der Waals surface area contributed by atoms with E-state index in [4.69, 9.17) is 47.4 Å². The Morgan fingerprint density at radius 2 is 1.19 bits per heavy atom. The smallest absolute Gasteiger partial charge is 0.335 e. The second-order valence-corrected chi connectivity index (χ2v) is 19.9. The topological polar surface area (TPSA) is 291 Å². The maximum absolute atomic E-state index is 12.5. The number of aromatic hydroxyl groups is 2. The van der Waals surface area contributed by atoms with Crippen LogP contribution in [0.2, 0.25) is 0 Å². The number of hydrogen-bond acceptors (Lipinski definition) is 18. The highest BCUT2D eigenvalue weighted by Gasteiger charge is 2.48. The van der Waals surface area contributed by atoms with Gasteiger partial charge in [-0.05, 0) is 46.2 Å². The number of nitrogens with zero attached hydrogens (tertiary/aromatic N) is 2. The Morgan fingerprint density at radius 1 is 0.627 bits per heavy atom. The number of methoxy groups -OCH3 is 4. The number of carboxylic acids is 1. The van der Waals surface area contributed by atoms with Gasteiger partial charge in [-0.25, -0.2) is 4.79 Å². The zero-order valence-corrected chi connectivity index (χ0v) is 45.3. The molecule has 1 fully saturated rings. The number of rotatable bonds is 10. The Kier molecular flexibility index (Phi) is 15.4. The number of aliphatic hydroxyl groups excluding tert-OH is 5. The minimum absolute atomic E-state index is 0.0345. The molecule has 428 valence electrons. The molecule has 0 unspecified atom stereocenters. The standard InChI is InChI=1S/C21H22NO4.C21H18O11.C20H18NO4/c1-24-19-9-14-6-7-22-11-17-13(4-5-15(12-23)21(17)26-3)8-18(22)16(14)10-20(19)25-2;22-9-6-10(8-4-2-1-3-5-8)30-11-7-12(14(23)15(24)13(9)11)31-21-18(27)16(25)17(26)19(32-21)20(28)29;1-23-20-14(10-22)3-2-12-6-17-15-8-19-18(24-11-25-19)7-13(15)4-5-21(17)9-16(12)20/h4-5,8-11,23H,6-7,12H2,1-3H3;1-7,16-19,21,23-27H,(H,28,29);2-3,6-9,22H,4-5,10-11H2,1H3/q+1;;+1/t;16-,17-,18+,19-,21+;/m.0./s1. The minimum Gasteiger partial charge on any atom is -0.504 e. The number of carbonyl (C=O) groups is 1. The lowest BCUT2D eigenvalue weighted by atomic mass is 9.94. The number of fused-ring (bicyclic) bond motifs is 10. The van der Waals surface area contributed by atoms with E-state index in [1.54, 1.807) is 58.8 Å². The van der Waals surface area contributed by atoms with Crippen LogP contribution in [-0.4, -0.2) is 113 Å². The number of carboxylic acid groups (broad SMARTS) is 1. The molecule has 9 aromatic rings. The van der Waals surface area contributed by atoms with E-state index in [0.717, 1.165) is 122 Å². The third-order valence-corrected chi connectivity index (χ3v) is 15.2. The second-order valence-electron chi connectivity index (χ2n) is 19.9. The number of hydrogen-bond donors (Lipinski definition) is 8. The molecule has 13 rings (SSSR count). The van der Waals surface area contributed by atoms with Crippen molar-refractivity contribution in [2.45, 2.75) is 69.9 Å². The number of aromatic nitrogens is 2. The van der Waals surface area contributed by atoms with Crippen molar-refractivity contribution in [1.29, 1.82) is 0 Å². The van der Waals surface area contributed by atoms with Crippen molar-refractivity contribution >= 4 is 38.5 Å². The Morgan fingerprint density at radius 3 is 1.76 bits per heavy atom. The molecule has 8 N–H and O–H groups in total. The molecule has 0 spiro atoms. The first-order valence-corrected chi connectivity index (χ1v) is 26.3. The van der Waals surface area contributed by atoms with E-state index < -0.39 is 59.4 Å². The monoisotopic (exact) mass is 1130 g/mol. The predicted molar refractivity (Wildman–Crippen MR) is 297 cm³/mol. The van der Waals surface area contributed by atoms with E-state index in [1.165, 1.54) is 16.7 Å². The average molecular weight is 1140 g/mol. The number of ether oxygens (including phenoxy) is 8. The number of aliphatic hydroxyl groups is 5. The first kappa shape index (κ1) is 55.7. The molecule has 5 atom stereocenters. The van der Waals surface area contributed by atoms with Gasteiger partial charge in [-0.3, -0.25) is 4.79 Å². The SMILES string of the molecule is COc1c(CO)ccc2cc3[n+](cc12)CCc1cc2c(cc1-3)OCO2.COc1cc2c(cc1OC)-c1cc3ccc(CO)c(OC)c3c[n+]1CC2.O=C(O)[C@H]1O[C@@H](Oc2cc3oc(-c4ccccc4)cc(=O)c3c(O)c2O)[C@H](O)[C@@H](O)[C@@H]1O. The highest BCUT2D eigenvalue weighted by atomic mass is 16.7. The third kappa shape index (κ3) is 10.2. The first-order chi connectivity index (χ1) is 40.2. The van der Waals surface area contributed by atoms with Gasteiger partial charge in [-0.2, -0.15) is 9.13 Å². The van der Waals surface area contributed by atoms with Gasteiger partial charge in [0, 0.05) is 53.8 Å². The molecule has 4 aliphatic heterocycles. The zero-order chi connectivity index (χ0) is 58.4. The quantitative estimate of drug-likeness (QED) is 0.0612. The normalized spacial score (nSPS) is 18.1. The average Bonchev–Trinajstić information content (AvgIpc) is 4.16. The molecule has 0 aliphatic carbocycles. The molecule has 3 aromatic heterocycles. The van der Waals surface area contributed by atoms with Crippen molar-refractivity contribution in [2.24, 2.45) is 0 Å². The molecule has 0 radical (unpaired) electrons. The summed E-state index contributed by atoms with van der Waals surface area (Å²) in [5.74, 6) is 0.849. The maximum atomic E-state index is 12.5. The number of aliphatic carboxylic acids is 1. The van der Waals surface area contributed by atoms with Crippen LogP contribution in [0, 0.1) is 0 Å². The van der Waals surface area contributed by atoms with Crippen LogP contribution in [0.25, 0.3) is 66.4 Å². The van der Waals surface area contributed by atoms with E-state index in [-0.39, 0.29) is 36.7 Å². The summed E-state index contributed by atoms with van der Waals surface area (Å²) in [5, 5.41) is 82.5. The van der Waals surface area contributed by atoms with Gasteiger partial charge in [-0.15, -0.1) is 0 Å². The van der Waals surface area contributed by atoms with Gasteiger partial charge >= 0.3 is 5.97 Å². The van der Waals surface area contributed by atoms with E-state index in [9.17, 15) is 45.3 Å². The van der Waals surface area contributed by atoms with E-state index in [1.807, 2.05) is 30.3 Å². The van der Waals surface area contributed by atoms with Crippen LogP contribution in [0.5, 0.6) is 51.7 Å². The molecule has 21 nitrogen and oxygen atoms in total. The molecule has 0 bridgehead atoms. The lowest BCUT2D eigenvalue weighted by Gasteiger charge is -2.38. The highest BCUT2D eigenvalue weighted by Crippen LogP contribution is 2.44. The Bertz CT molecular complexity index is 4060. The molecular formula is C62H58N2O19+2. The third-order valence-electron chi connectivity index (χ3n) is 15.2. The van der Waals surface area contributed by atoms with Crippen molar-refractivity contribution in [2.75, 3.05) is 35.2 Å². The van der Waals surface area contributed by atoms with Crippen LogP contribution in [0.1, 0.15) is 22.3 Å². The summed E-state index contributed by atoms with van der Waals surface area (Å²) < 4.78 is 53.6. The summed E-state index contributed by atoms with van der Waals surface area (Å²) in [5.41, 5.74) is 8.49.